The molecule has 0 spiro atoms. The van der Waals surface area contributed by atoms with Gasteiger partial charge in [0.15, 0.2) is 0 Å². The van der Waals surface area contributed by atoms with Crippen LogP contribution >= 0.6 is 0 Å². The fourth-order valence-corrected chi connectivity index (χ4v) is 9.53. The maximum Gasteiger partial charge on any atom is 0.0541 e. The minimum atomic E-state index is 1.10. The topological polar surface area (TPSA) is 8.17 Å². The van der Waals surface area contributed by atoms with Gasteiger partial charge in [0.05, 0.1) is 22.4 Å². The van der Waals surface area contributed by atoms with Gasteiger partial charge in [-0.1, -0.05) is 182 Å². The maximum absolute atomic E-state index is 2.46. The fourth-order valence-electron chi connectivity index (χ4n) is 9.53. The number of para-hydroxylation sites is 2. The van der Waals surface area contributed by atoms with E-state index >= 15 is 0 Å². The van der Waals surface area contributed by atoms with Crippen LogP contribution < -0.4 is 4.90 Å². The molecule has 60 heavy (non-hydrogen) atoms. The Morgan fingerprint density at radius 1 is 0.283 bits per heavy atom. The monoisotopic (exact) mass is 762 g/mol. The summed E-state index contributed by atoms with van der Waals surface area (Å²) in [6.07, 6.45) is 0. The van der Waals surface area contributed by atoms with E-state index < -0.39 is 0 Å². The Morgan fingerprint density at radius 2 is 0.717 bits per heavy atom. The van der Waals surface area contributed by atoms with Crippen LogP contribution in [0.3, 0.4) is 0 Å². The SMILES string of the molecule is c1ccc(-c2ccc(-c3cccc(N(c4cccc(-c5ccccc5)c4)c4ccc5ccc6c(-n7c8ccccc8c8ccccc87)ccc7ccc4c5c76)c3)cc2)cc1. The van der Waals surface area contributed by atoms with Crippen molar-refractivity contribution in [1.82, 2.24) is 4.57 Å². The molecular formula is C58H38N2. The Hall–Kier alpha value is -7.94. The molecule has 0 N–H and O–H groups in total. The van der Waals surface area contributed by atoms with Gasteiger partial charge in [-0.25, -0.2) is 0 Å². The van der Waals surface area contributed by atoms with Crippen molar-refractivity contribution in [1.29, 1.82) is 0 Å². The Kier molecular flexibility index (Phi) is 7.89. The highest BCUT2D eigenvalue weighted by molar-refractivity contribution is 6.27. The van der Waals surface area contributed by atoms with E-state index in [-0.39, 0.29) is 0 Å². The Bertz CT molecular complexity index is 3470. The lowest BCUT2D eigenvalue weighted by Crippen LogP contribution is -2.11. The average Bonchev–Trinajstić information content (AvgIpc) is 3.66. The molecule has 0 aliphatic rings. The van der Waals surface area contributed by atoms with E-state index in [9.17, 15) is 0 Å². The van der Waals surface area contributed by atoms with Crippen LogP contribution in [0.25, 0.3) is 93.2 Å². The minimum absolute atomic E-state index is 1.10. The van der Waals surface area contributed by atoms with Crippen molar-refractivity contribution in [2.75, 3.05) is 4.90 Å². The average molecular weight is 763 g/mol. The van der Waals surface area contributed by atoms with Crippen LogP contribution in [0.1, 0.15) is 0 Å². The zero-order valence-corrected chi connectivity index (χ0v) is 32.8. The van der Waals surface area contributed by atoms with Crippen molar-refractivity contribution in [3.05, 3.63) is 231 Å². The third-order valence-corrected chi connectivity index (χ3v) is 12.3. The van der Waals surface area contributed by atoms with E-state index in [1.54, 1.807) is 0 Å². The molecule has 2 heteroatoms. The standard InChI is InChI=1S/C58H38N2/c1-3-13-39(14-4-1)41-25-27-42(28-26-41)46-18-12-20-48(38-46)59(47-19-11-17-45(37-47)40-15-5-2-6-16-40)55-35-31-43-30-34-52-56(36-32-44-29-33-51(55)57(43)58(44)52)60-53-23-9-7-21-49(53)50-22-8-10-24-54(50)60/h1-38H. The van der Waals surface area contributed by atoms with Crippen molar-refractivity contribution in [3.8, 4) is 39.1 Å². The third kappa shape index (κ3) is 5.50. The third-order valence-electron chi connectivity index (χ3n) is 12.3. The molecule has 11 aromatic carbocycles. The second-order valence-electron chi connectivity index (χ2n) is 15.7. The first-order valence-electron chi connectivity index (χ1n) is 20.7. The summed E-state index contributed by atoms with van der Waals surface area (Å²) < 4.78 is 2.46. The number of hydrogen-bond donors (Lipinski definition) is 0. The van der Waals surface area contributed by atoms with Crippen LogP contribution in [0.2, 0.25) is 0 Å². The van der Waals surface area contributed by atoms with Crippen molar-refractivity contribution < 1.29 is 0 Å². The second kappa shape index (κ2) is 13.9. The Balaban J connectivity index is 1.07. The van der Waals surface area contributed by atoms with Gasteiger partial charge in [0.1, 0.15) is 0 Å². The number of aromatic nitrogens is 1. The molecule has 280 valence electrons. The number of rotatable bonds is 7. The molecule has 0 saturated heterocycles. The van der Waals surface area contributed by atoms with E-state index in [0.29, 0.717) is 0 Å². The fraction of sp³-hybridized carbons (Fsp3) is 0. The maximum atomic E-state index is 2.46. The number of anilines is 3. The van der Waals surface area contributed by atoms with Crippen molar-refractivity contribution in [2.24, 2.45) is 0 Å². The molecule has 0 aliphatic carbocycles. The van der Waals surface area contributed by atoms with E-state index in [1.807, 2.05) is 0 Å². The largest absolute Gasteiger partial charge is 0.310 e. The quantitative estimate of drug-likeness (QED) is 0.147. The van der Waals surface area contributed by atoms with Gasteiger partial charge in [-0.2, -0.15) is 0 Å². The van der Waals surface area contributed by atoms with E-state index in [0.717, 1.165) is 17.1 Å². The van der Waals surface area contributed by atoms with E-state index in [4.69, 9.17) is 0 Å². The van der Waals surface area contributed by atoms with Gasteiger partial charge in [-0.15, -0.1) is 0 Å². The van der Waals surface area contributed by atoms with Crippen LogP contribution in [0, 0.1) is 0 Å². The predicted molar refractivity (Wildman–Crippen MR) is 255 cm³/mol. The van der Waals surface area contributed by atoms with Crippen molar-refractivity contribution >= 4 is 71.2 Å². The summed E-state index contributed by atoms with van der Waals surface area (Å²) >= 11 is 0. The molecule has 0 radical (unpaired) electrons. The van der Waals surface area contributed by atoms with Gasteiger partial charge in [0.25, 0.3) is 0 Å². The van der Waals surface area contributed by atoms with Gasteiger partial charge >= 0.3 is 0 Å². The van der Waals surface area contributed by atoms with Gasteiger partial charge in [0.2, 0.25) is 0 Å². The van der Waals surface area contributed by atoms with Crippen molar-refractivity contribution in [2.45, 2.75) is 0 Å². The Labute approximate surface area is 348 Å². The first-order chi connectivity index (χ1) is 29.8. The molecule has 0 bridgehead atoms. The summed E-state index contributed by atoms with van der Waals surface area (Å²) in [5.41, 5.74) is 14.1. The molecule has 12 rings (SSSR count). The molecule has 0 atom stereocenters. The van der Waals surface area contributed by atoms with Crippen LogP contribution in [-0.4, -0.2) is 4.57 Å². The lowest BCUT2D eigenvalue weighted by molar-refractivity contribution is 1.20. The molecule has 0 unspecified atom stereocenters. The first kappa shape index (κ1) is 34.1. The highest BCUT2D eigenvalue weighted by Crippen LogP contribution is 2.46. The highest BCUT2D eigenvalue weighted by atomic mass is 15.1. The van der Waals surface area contributed by atoms with Gasteiger partial charge in [-0.3, -0.25) is 0 Å². The molecule has 1 heterocycles. The Morgan fingerprint density at radius 3 is 1.32 bits per heavy atom. The van der Waals surface area contributed by atoms with E-state index in [1.165, 1.54) is 93.2 Å². The summed E-state index contributed by atoms with van der Waals surface area (Å²) in [4.78, 5) is 2.45. The number of nitrogens with zero attached hydrogens (tertiary/aromatic N) is 2. The lowest BCUT2D eigenvalue weighted by atomic mass is 9.92. The molecule has 2 nitrogen and oxygen atoms in total. The summed E-state index contributed by atoms with van der Waals surface area (Å²) in [5, 5.41) is 10.0. The lowest BCUT2D eigenvalue weighted by Gasteiger charge is -2.28. The zero-order chi connectivity index (χ0) is 39.6. The summed E-state index contributed by atoms with van der Waals surface area (Å²) in [7, 11) is 0. The predicted octanol–water partition coefficient (Wildman–Crippen LogP) is 16.2. The van der Waals surface area contributed by atoms with Gasteiger partial charge < -0.3 is 9.47 Å². The summed E-state index contributed by atoms with van der Waals surface area (Å²) in [5.74, 6) is 0. The molecule has 0 amide bonds. The first-order valence-corrected chi connectivity index (χ1v) is 20.7. The van der Waals surface area contributed by atoms with Crippen LogP contribution in [-0.2, 0) is 0 Å². The summed E-state index contributed by atoms with van der Waals surface area (Å²) in [6, 6.07) is 84.3. The van der Waals surface area contributed by atoms with Crippen LogP contribution in [0.4, 0.5) is 17.1 Å². The molecule has 1 aromatic heterocycles. The van der Waals surface area contributed by atoms with E-state index in [2.05, 4.69) is 240 Å². The molecular weight excluding hydrogens is 725 g/mol. The number of hydrogen-bond acceptors (Lipinski definition) is 1. The smallest absolute Gasteiger partial charge is 0.0541 e. The molecule has 0 aliphatic heterocycles. The zero-order valence-electron chi connectivity index (χ0n) is 32.8. The molecule has 0 fully saturated rings. The highest BCUT2D eigenvalue weighted by Gasteiger charge is 2.21. The molecule has 0 saturated carbocycles. The number of fused-ring (bicyclic) bond motifs is 3. The number of benzene rings is 11. The van der Waals surface area contributed by atoms with Crippen LogP contribution in [0.15, 0.2) is 231 Å². The molecule has 12 aromatic rings. The minimum Gasteiger partial charge on any atom is -0.310 e. The second-order valence-corrected chi connectivity index (χ2v) is 15.7. The summed E-state index contributed by atoms with van der Waals surface area (Å²) in [6.45, 7) is 0. The van der Waals surface area contributed by atoms with Crippen LogP contribution in [0.5, 0.6) is 0 Å². The van der Waals surface area contributed by atoms with Crippen molar-refractivity contribution in [3.63, 3.8) is 0 Å². The van der Waals surface area contributed by atoms with Gasteiger partial charge in [-0.05, 0) is 103 Å². The van der Waals surface area contributed by atoms with Gasteiger partial charge in [0, 0.05) is 32.9 Å². The normalized spacial score (nSPS) is 11.7.